The third-order valence-electron chi connectivity index (χ3n) is 4.77. The molecule has 0 bridgehead atoms. The van der Waals surface area contributed by atoms with Gasteiger partial charge in [-0.05, 0) is 32.0 Å². The van der Waals surface area contributed by atoms with Crippen LogP contribution in [0.5, 0.6) is 5.75 Å². The molecule has 2 heterocycles. The Balaban J connectivity index is 1.53. The van der Waals surface area contributed by atoms with Crippen LogP contribution in [0.4, 0.5) is 0 Å². The summed E-state index contributed by atoms with van der Waals surface area (Å²) in [6.45, 7) is 7.65. The van der Waals surface area contributed by atoms with Crippen LogP contribution in [0, 0.1) is 6.92 Å². The Bertz CT molecular complexity index is 792. The molecule has 0 unspecified atom stereocenters. The molecule has 7 nitrogen and oxygen atoms in total. The molecule has 0 spiro atoms. The predicted molar refractivity (Wildman–Crippen MR) is 105 cm³/mol. The monoisotopic (exact) mass is 385 g/mol. The average Bonchev–Trinajstić information content (AvgIpc) is 3.16. The number of hydrogen-bond acceptors (Lipinski definition) is 5. The number of hydrogen-bond donors (Lipinski definition) is 1. The van der Waals surface area contributed by atoms with Crippen molar-refractivity contribution in [3.63, 3.8) is 0 Å². The zero-order valence-corrected chi connectivity index (χ0v) is 16.4. The first-order chi connectivity index (χ1) is 13.6. The van der Waals surface area contributed by atoms with Crippen LogP contribution >= 0.6 is 0 Å². The van der Waals surface area contributed by atoms with Crippen molar-refractivity contribution in [1.29, 1.82) is 0 Å². The number of nitrogens with one attached hydrogen (secondary N) is 1. The molecule has 0 saturated carbocycles. The van der Waals surface area contributed by atoms with E-state index in [0.29, 0.717) is 50.6 Å². The normalized spacial score (nSPS) is 14.7. The highest BCUT2D eigenvalue weighted by atomic mass is 16.5. The molecule has 1 N–H and O–H groups in total. The average molecular weight is 385 g/mol. The lowest BCUT2D eigenvalue weighted by Gasteiger charge is -2.34. The maximum Gasteiger partial charge on any atom is 0.257 e. The van der Waals surface area contributed by atoms with Gasteiger partial charge in [0.15, 0.2) is 5.76 Å². The molecule has 2 aromatic rings. The summed E-state index contributed by atoms with van der Waals surface area (Å²) in [5, 5.41) is 2.80. The van der Waals surface area contributed by atoms with E-state index in [1.165, 1.54) is 6.26 Å². The summed E-state index contributed by atoms with van der Waals surface area (Å²) in [6, 6.07) is 9.44. The van der Waals surface area contributed by atoms with Crippen LogP contribution in [0.3, 0.4) is 0 Å². The van der Waals surface area contributed by atoms with Gasteiger partial charge in [-0.2, -0.15) is 0 Å². The fourth-order valence-corrected chi connectivity index (χ4v) is 3.16. The highest BCUT2D eigenvalue weighted by Crippen LogP contribution is 2.19. The van der Waals surface area contributed by atoms with E-state index in [-0.39, 0.29) is 18.4 Å². The quantitative estimate of drug-likeness (QED) is 0.790. The zero-order chi connectivity index (χ0) is 19.9. The van der Waals surface area contributed by atoms with E-state index < -0.39 is 0 Å². The van der Waals surface area contributed by atoms with E-state index in [1.54, 1.807) is 11.0 Å². The molecule has 1 aromatic carbocycles. The van der Waals surface area contributed by atoms with Crippen molar-refractivity contribution in [2.75, 3.05) is 39.3 Å². The molecule has 0 atom stereocenters. The van der Waals surface area contributed by atoms with Crippen LogP contribution in [0.2, 0.25) is 0 Å². The Morgan fingerprint density at radius 1 is 1.11 bits per heavy atom. The van der Waals surface area contributed by atoms with Gasteiger partial charge in [0.2, 0.25) is 5.91 Å². The summed E-state index contributed by atoms with van der Waals surface area (Å²) in [5.41, 5.74) is 1.69. The van der Waals surface area contributed by atoms with E-state index >= 15 is 0 Å². The van der Waals surface area contributed by atoms with E-state index in [0.717, 1.165) is 11.3 Å². The minimum absolute atomic E-state index is 0.0210. The predicted octanol–water partition coefficient (Wildman–Crippen LogP) is 2.06. The Kier molecular flexibility index (Phi) is 6.71. The van der Waals surface area contributed by atoms with Gasteiger partial charge in [-0.25, -0.2) is 0 Å². The number of aryl methyl sites for hydroxylation is 1. The molecule has 2 amide bonds. The molecule has 1 fully saturated rings. The van der Waals surface area contributed by atoms with Gasteiger partial charge in [0.05, 0.1) is 18.4 Å². The van der Waals surface area contributed by atoms with E-state index in [1.807, 2.05) is 38.1 Å². The molecular weight excluding hydrogens is 358 g/mol. The minimum Gasteiger partial charge on any atom is -0.486 e. The number of furan rings is 1. The summed E-state index contributed by atoms with van der Waals surface area (Å²) >= 11 is 0. The molecule has 0 aliphatic carbocycles. The van der Waals surface area contributed by atoms with Crippen LogP contribution < -0.4 is 10.1 Å². The van der Waals surface area contributed by atoms with E-state index in [2.05, 4.69) is 10.2 Å². The highest BCUT2D eigenvalue weighted by molar-refractivity contribution is 5.95. The van der Waals surface area contributed by atoms with Crippen LogP contribution in [-0.2, 0) is 11.4 Å². The smallest absolute Gasteiger partial charge is 0.257 e. The van der Waals surface area contributed by atoms with Crippen LogP contribution in [0.25, 0.3) is 0 Å². The van der Waals surface area contributed by atoms with Crippen LogP contribution in [0.1, 0.15) is 28.6 Å². The van der Waals surface area contributed by atoms with Crippen molar-refractivity contribution in [3.05, 3.63) is 53.5 Å². The maximum absolute atomic E-state index is 12.9. The zero-order valence-electron chi connectivity index (χ0n) is 16.4. The number of rotatable bonds is 7. The van der Waals surface area contributed by atoms with Gasteiger partial charge < -0.3 is 19.4 Å². The standard InChI is InChI=1S/C21H27N3O4/c1-3-22-20(25)14-23-9-11-24(12-10-23)21(26)18-8-13-27-19(18)15-28-17-6-4-16(2)5-7-17/h4-8,13H,3,9-12,14-15H2,1-2H3,(H,22,25). The molecule has 1 aliphatic rings. The van der Waals surface area contributed by atoms with Crippen molar-refractivity contribution in [1.82, 2.24) is 15.1 Å². The van der Waals surface area contributed by atoms with Crippen molar-refractivity contribution in [2.45, 2.75) is 20.5 Å². The van der Waals surface area contributed by atoms with Crippen molar-refractivity contribution in [3.8, 4) is 5.75 Å². The SMILES string of the molecule is CCNC(=O)CN1CCN(C(=O)c2ccoc2COc2ccc(C)cc2)CC1. The van der Waals surface area contributed by atoms with Gasteiger partial charge in [0.25, 0.3) is 5.91 Å². The summed E-state index contributed by atoms with van der Waals surface area (Å²) in [4.78, 5) is 28.4. The fourth-order valence-electron chi connectivity index (χ4n) is 3.16. The van der Waals surface area contributed by atoms with Gasteiger partial charge in [-0.1, -0.05) is 17.7 Å². The van der Waals surface area contributed by atoms with Crippen molar-refractivity contribution >= 4 is 11.8 Å². The number of benzene rings is 1. The number of likely N-dealkylation sites (N-methyl/N-ethyl adjacent to an activating group) is 1. The van der Waals surface area contributed by atoms with Crippen molar-refractivity contribution in [2.24, 2.45) is 0 Å². The third kappa shape index (κ3) is 5.13. The Hall–Kier alpha value is -2.80. The molecular formula is C21H27N3O4. The molecule has 0 radical (unpaired) electrons. The lowest BCUT2D eigenvalue weighted by atomic mass is 10.2. The molecule has 150 valence electrons. The number of piperazine rings is 1. The second kappa shape index (κ2) is 9.41. The summed E-state index contributed by atoms with van der Waals surface area (Å²) in [6.07, 6.45) is 1.52. The largest absolute Gasteiger partial charge is 0.486 e. The Morgan fingerprint density at radius 3 is 2.50 bits per heavy atom. The van der Waals surface area contributed by atoms with Crippen molar-refractivity contribution < 1.29 is 18.7 Å². The second-order valence-corrected chi connectivity index (χ2v) is 6.88. The van der Waals surface area contributed by atoms with E-state index in [9.17, 15) is 9.59 Å². The first kappa shape index (κ1) is 19.9. The lowest BCUT2D eigenvalue weighted by Crippen LogP contribution is -2.51. The van der Waals surface area contributed by atoms with Crippen LogP contribution in [0.15, 0.2) is 41.0 Å². The molecule has 28 heavy (non-hydrogen) atoms. The summed E-state index contributed by atoms with van der Waals surface area (Å²) < 4.78 is 11.2. The highest BCUT2D eigenvalue weighted by Gasteiger charge is 2.26. The first-order valence-electron chi connectivity index (χ1n) is 9.61. The number of carbonyl (C=O) groups is 2. The number of ether oxygens (including phenoxy) is 1. The second-order valence-electron chi connectivity index (χ2n) is 6.88. The Labute approximate surface area is 165 Å². The molecule has 3 rings (SSSR count). The molecule has 1 aromatic heterocycles. The lowest BCUT2D eigenvalue weighted by molar-refractivity contribution is -0.122. The molecule has 7 heteroatoms. The minimum atomic E-state index is -0.0612. The molecule has 1 saturated heterocycles. The van der Waals surface area contributed by atoms with Gasteiger partial charge in [0, 0.05) is 32.7 Å². The van der Waals surface area contributed by atoms with Gasteiger partial charge >= 0.3 is 0 Å². The molecule has 1 aliphatic heterocycles. The number of amides is 2. The Morgan fingerprint density at radius 2 is 1.82 bits per heavy atom. The topological polar surface area (TPSA) is 75.0 Å². The van der Waals surface area contributed by atoms with Gasteiger partial charge in [-0.15, -0.1) is 0 Å². The third-order valence-corrected chi connectivity index (χ3v) is 4.77. The summed E-state index contributed by atoms with van der Waals surface area (Å²) in [5.74, 6) is 1.22. The van der Waals surface area contributed by atoms with Gasteiger partial charge in [0.1, 0.15) is 12.4 Å². The summed E-state index contributed by atoms with van der Waals surface area (Å²) in [7, 11) is 0. The number of carbonyl (C=O) groups excluding carboxylic acids is 2. The fraction of sp³-hybridized carbons (Fsp3) is 0.429. The van der Waals surface area contributed by atoms with Gasteiger partial charge in [-0.3, -0.25) is 14.5 Å². The first-order valence-corrected chi connectivity index (χ1v) is 9.61. The maximum atomic E-state index is 12.9. The van der Waals surface area contributed by atoms with E-state index in [4.69, 9.17) is 9.15 Å². The number of nitrogens with zero attached hydrogens (tertiary/aromatic N) is 2. The van der Waals surface area contributed by atoms with Crippen LogP contribution in [-0.4, -0.2) is 60.9 Å².